The Bertz CT molecular complexity index is 316. The lowest BCUT2D eigenvalue weighted by Gasteiger charge is -2.09. The molecule has 0 aliphatic carbocycles. The Hall–Kier alpha value is -0.640. The molecule has 0 heterocycles. The van der Waals surface area contributed by atoms with Gasteiger partial charge in [-0.15, -0.1) is 0 Å². The molecule has 4 heteroatoms. The minimum absolute atomic E-state index is 0.293. The van der Waals surface area contributed by atoms with Gasteiger partial charge in [0.25, 0.3) is 0 Å². The maximum atomic E-state index is 13.2. The highest BCUT2D eigenvalue weighted by atomic mass is 79.9. The summed E-state index contributed by atoms with van der Waals surface area (Å²) in [5.41, 5.74) is 0. The van der Waals surface area contributed by atoms with Gasteiger partial charge in [0.05, 0.1) is 6.61 Å². The van der Waals surface area contributed by atoms with Crippen molar-refractivity contribution in [1.29, 1.82) is 0 Å². The summed E-state index contributed by atoms with van der Waals surface area (Å²) in [5, 5.41) is 0. The molecule has 15 heavy (non-hydrogen) atoms. The van der Waals surface area contributed by atoms with Crippen LogP contribution in [0.1, 0.15) is 20.3 Å². The molecule has 0 saturated carbocycles. The molecule has 0 aromatic heterocycles. The normalized spacial score (nSPS) is 10.8. The second kappa shape index (κ2) is 5.45. The van der Waals surface area contributed by atoms with Gasteiger partial charge in [-0.25, -0.2) is 8.78 Å². The molecule has 1 rings (SSSR count). The van der Waals surface area contributed by atoms with Crippen LogP contribution in [0.3, 0.4) is 0 Å². The number of hydrogen-bond acceptors (Lipinski definition) is 1. The predicted molar refractivity (Wildman–Crippen MR) is 59.0 cm³/mol. The highest BCUT2D eigenvalue weighted by Gasteiger charge is 2.11. The van der Waals surface area contributed by atoms with Crippen LogP contribution in [0.15, 0.2) is 16.6 Å². The van der Waals surface area contributed by atoms with Crippen molar-refractivity contribution in [2.24, 2.45) is 5.92 Å². The third-order valence-corrected chi connectivity index (χ3v) is 2.36. The van der Waals surface area contributed by atoms with E-state index in [-0.39, 0.29) is 5.75 Å². The first-order valence-corrected chi connectivity index (χ1v) is 5.57. The zero-order valence-corrected chi connectivity index (χ0v) is 10.3. The number of ether oxygens (including phenoxy) is 1. The van der Waals surface area contributed by atoms with E-state index >= 15 is 0 Å². The average Bonchev–Trinajstić information content (AvgIpc) is 2.08. The molecule has 0 aliphatic heterocycles. The van der Waals surface area contributed by atoms with Crippen LogP contribution in [0.5, 0.6) is 5.75 Å². The molecule has 0 N–H and O–H groups in total. The van der Waals surface area contributed by atoms with Crippen LogP contribution in [-0.2, 0) is 0 Å². The molecule has 1 nitrogen and oxygen atoms in total. The van der Waals surface area contributed by atoms with Gasteiger partial charge in [0.1, 0.15) is 0 Å². The average molecular weight is 279 g/mol. The van der Waals surface area contributed by atoms with Crippen molar-refractivity contribution in [2.75, 3.05) is 6.61 Å². The van der Waals surface area contributed by atoms with Gasteiger partial charge >= 0.3 is 0 Å². The molecule has 0 spiro atoms. The predicted octanol–water partition coefficient (Wildman–Crippen LogP) is 4.15. The Labute approximate surface area is 96.6 Å². The summed E-state index contributed by atoms with van der Waals surface area (Å²) in [6.07, 6.45) is 0.773. The number of halogens is 3. The molecule has 0 unspecified atom stereocenters. The summed E-state index contributed by atoms with van der Waals surface area (Å²) >= 11 is 3.00. The standard InChI is InChI=1S/C11H13BrF2O/c1-7(2)3-4-15-11-9(13)5-8(12)6-10(11)14/h5-7H,3-4H2,1-2H3. The van der Waals surface area contributed by atoms with Crippen molar-refractivity contribution < 1.29 is 13.5 Å². The minimum Gasteiger partial charge on any atom is -0.488 e. The molecule has 0 radical (unpaired) electrons. The van der Waals surface area contributed by atoms with Crippen LogP contribution in [0, 0.1) is 17.6 Å². The van der Waals surface area contributed by atoms with E-state index in [1.54, 1.807) is 0 Å². The molecule has 84 valence electrons. The van der Waals surface area contributed by atoms with E-state index in [1.165, 1.54) is 12.1 Å². The van der Waals surface area contributed by atoms with Crippen LogP contribution in [-0.4, -0.2) is 6.61 Å². The third-order valence-electron chi connectivity index (χ3n) is 1.90. The SMILES string of the molecule is CC(C)CCOc1c(F)cc(Br)cc1F. The first-order chi connectivity index (χ1) is 7.00. The van der Waals surface area contributed by atoms with Gasteiger partial charge in [0.2, 0.25) is 0 Å². The smallest absolute Gasteiger partial charge is 0.190 e. The van der Waals surface area contributed by atoms with E-state index < -0.39 is 11.6 Å². The molecular formula is C11H13BrF2O. The second-order valence-electron chi connectivity index (χ2n) is 3.73. The topological polar surface area (TPSA) is 9.23 Å². The quantitative estimate of drug-likeness (QED) is 0.804. The molecule has 1 aromatic carbocycles. The van der Waals surface area contributed by atoms with E-state index in [2.05, 4.69) is 15.9 Å². The highest BCUT2D eigenvalue weighted by Crippen LogP contribution is 2.26. The fraction of sp³-hybridized carbons (Fsp3) is 0.455. The van der Waals surface area contributed by atoms with Crippen molar-refractivity contribution in [3.8, 4) is 5.75 Å². The van der Waals surface area contributed by atoms with Crippen molar-refractivity contribution in [2.45, 2.75) is 20.3 Å². The first kappa shape index (κ1) is 12.4. The van der Waals surface area contributed by atoms with Crippen molar-refractivity contribution in [3.63, 3.8) is 0 Å². The summed E-state index contributed by atoms with van der Waals surface area (Å²) in [6, 6.07) is 2.38. The maximum absolute atomic E-state index is 13.2. The number of rotatable bonds is 4. The zero-order chi connectivity index (χ0) is 11.4. The lowest BCUT2D eigenvalue weighted by Crippen LogP contribution is -2.04. The van der Waals surface area contributed by atoms with Crippen molar-refractivity contribution >= 4 is 15.9 Å². The molecule has 0 fully saturated rings. The molecule has 0 amide bonds. The van der Waals surface area contributed by atoms with E-state index in [4.69, 9.17) is 4.74 Å². The lowest BCUT2D eigenvalue weighted by molar-refractivity contribution is 0.263. The molecular weight excluding hydrogens is 266 g/mol. The Kier molecular flexibility index (Phi) is 4.51. The summed E-state index contributed by atoms with van der Waals surface area (Å²) in [4.78, 5) is 0. The molecule has 0 aliphatic rings. The van der Waals surface area contributed by atoms with Crippen LogP contribution >= 0.6 is 15.9 Å². The highest BCUT2D eigenvalue weighted by molar-refractivity contribution is 9.10. The Balaban J connectivity index is 2.68. The van der Waals surface area contributed by atoms with Crippen LogP contribution in [0.2, 0.25) is 0 Å². The van der Waals surface area contributed by atoms with Crippen molar-refractivity contribution in [3.05, 3.63) is 28.2 Å². The third kappa shape index (κ3) is 3.78. The summed E-state index contributed by atoms with van der Waals surface area (Å²) in [7, 11) is 0. The Morgan fingerprint density at radius 2 is 1.80 bits per heavy atom. The summed E-state index contributed by atoms with van der Waals surface area (Å²) in [6.45, 7) is 4.38. The lowest BCUT2D eigenvalue weighted by atomic mass is 10.1. The van der Waals surface area contributed by atoms with Gasteiger partial charge in [0.15, 0.2) is 17.4 Å². The Morgan fingerprint density at radius 3 is 2.27 bits per heavy atom. The van der Waals surface area contributed by atoms with Gasteiger partial charge in [0, 0.05) is 4.47 Å². The monoisotopic (exact) mass is 278 g/mol. The largest absolute Gasteiger partial charge is 0.488 e. The van der Waals surface area contributed by atoms with Crippen LogP contribution in [0.4, 0.5) is 8.78 Å². The fourth-order valence-electron chi connectivity index (χ4n) is 1.06. The Morgan fingerprint density at radius 1 is 1.27 bits per heavy atom. The number of hydrogen-bond donors (Lipinski definition) is 0. The van der Waals surface area contributed by atoms with Crippen LogP contribution in [0.25, 0.3) is 0 Å². The van der Waals surface area contributed by atoms with E-state index in [1.807, 2.05) is 13.8 Å². The van der Waals surface area contributed by atoms with E-state index in [9.17, 15) is 8.78 Å². The molecule has 1 aromatic rings. The maximum Gasteiger partial charge on any atom is 0.190 e. The second-order valence-corrected chi connectivity index (χ2v) is 4.65. The molecule has 0 atom stereocenters. The molecule has 0 bridgehead atoms. The van der Waals surface area contributed by atoms with Gasteiger partial charge in [-0.3, -0.25) is 0 Å². The first-order valence-electron chi connectivity index (χ1n) is 4.78. The summed E-state index contributed by atoms with van der Waals surface area (Å²) in [5.74, 6) is -1.19. The van der Waals surface area contributed by atoms with Gasteiger partial charge in [-0.2, -0.15) is 0 Å². The zero-order valence-electron chi connectivity index (χ0n) is 8.69. The summed E-state index contributed by atoms with van der Waals surface area (Å²) < 4.78 is 31.9. The van der Waals surface area contributed by atoms with Gasteiger partial charge in [-0.05, 0) is 24.5 Å². The van der Waals surface area contributed by atoms with Gasteiger partial charge < -0.3 is 4.74 Å². The van der Waals surface area contributed by atoms with Crippen molar-refractivity contribution in [1.82, 2.24) is 0 Å². The fourth-order valence-corrected chi connectivity index (χ4v) is 1.47. The van der Waals surface area contributed by atoms with Gasteiger partial charge in [-0.1, -0.05) is 29.8 Å². The van der Waals surface area contributed by atoms with E-state index in [0.717, 1.165) is 6.42 Å². The minimum atomic E-state index is -0.675. The van der Waals surface area contributed by atoms with Crippen LogP contribution < -0.4 is 4.74 Å². The number of benzene rings is 1. The van der Waals surface area contributed by atoms with E-state index in [0.29, 0.717) is 17.0 Å². The molecule has 0 saturated heterocycles.